The van der Waals surface area contributed by atoms with E-state index in [0.717, 1.165) is 13.2 Å². The van der Waals surface area contributed by atoms with Gasteiger partial charge < -0.3 is 24.4 Å². The third-order valence-electron chi connectivity index (χ3n) is 1.81. The number of rotatable bonds is 9. The molecule has 0 aromatic heterocycles. The van der Waals surface area contributed by atoms with E-state index in [2.05, 4.69) is 17.9 Å². The highest BCUT2D eigenvalue weighted by Crippen LogP contribution is 1.90. The second-order valence-corrected chi connectivity index (χ2v) is 4.68. The number of aliphatic hydroxyl groups is 2. The first-order valence-electron chi connectivity index (χ1n) is 7.67. The van der Waals surface area contributed by atoms with Crippen molar-refractivity contribution < 1.29 is 29.2 Å². The van der Waals surface area contributed by atoms with Crippen LogP contribution in [0.5, 0.6) is 0 Å². The van der Waals surface area contributed by atoms with Gasteiger partial charge in [0, 0.05) is 18.8 Å². The van der Waals surface area contributed by atoms with Crippen LogP contribution in [0.3, 0.4) is 0 Å². The molecule has 6 nitrogen and oxygen atoms in total. The Balaban J connectivity index is -0.000000273. The van der Waals surface area contributed by atoms with Gasteiger partial charge in [0.05, 0.1) is 25.4 Å². The summed E-state index contributed by atoms with van der Waals surface area (Å²) < 4.78 is 14.3. The highest BCUT2D eigenvalue weighted by Gasteiger charge is 1.99. The molecule has 0 fully saturated rings. The van der Waals surface area contributed by atoms with Gasteiger partial charge >= 0.3 is 5.97 Å². The summed E-state index contributed by atoms with van der Waals surface area (Å²) in [6, 6.07) is 0. The van der Waals surface area contributed by atoms with E-state index in [0.29, 0.717) is 18.8 Å². The van der Waals surface area contributed by atoms with E-state index in [1.165, 1.54) is 6.08 Å². The summed E-state index contributed by atoms with van der Waals surface area (Å²) in [5, 5.41) is 17.3. The second kappa shape index (κ2) is 20.8. The molecular weight excluding hydrogens is 300 g/mol. The maximum atomic E-state index is 10.5. The van der Waals surface area contributed by atoms with Crippen LogP contribution in [0.2, 0.25) is 0 Å². The minimum absolute atomic E-state index is 0.256. The molecule has 0 aliphatic carbocycles. The maximum Gasteiger partial charge on any atom is 0.333 e. The summed E-state index contributed by atoms with van der Waals surface area (Å²) in [6.07, 6.45) is 0.633. The molecule has 0 aliphatic heterocycles. The van der Waals surface area contributed by atoms with Crippen LogP contribution in [0.25, 0.3) is 0 Å². The van der Waals surface area contributed by atoms with E-state index in [9.17, 15) is 4.79 Å². The quantitative estimate of drug-likeness (QED) is 0.381. The lowest BCUT2D eigenvalue weighted by atomic mass is 10.4. The molecule has 0 aromatic rings. The molecule has 0 bridgehead atoms. The molecule has 2 N–H and O–H groups in total. The molecule has 138 valence electrons. The first-order chi connectivity index (χ1) is 10.7. The summed E-state index contributed by atoms with van der Waals surface area (Å²) >= 11 is 0. The lowest BCUT2D eigenvalue weighted by Gasteiger charge is -2.06. The summed E-state index contributed by atoms with van der Waals surface area (Å²) in [6.45, 7) is 18.2. The van der Waals surface area contributed by atoms with Gasteiger partial charge in [-0.1, -0.05) is 19.2 Å². The molecular formula is C17H34O6. The molecule has 0 heterocycles. The Bertz CT molecular complexity index is 277. The molecule has 6 heteroatoms. The Morgan fingerprint density at radius 1 is 1.09 bits per heavy atom. The fraction of sp³-hybridized carbons (Fsp3) is 0.706. The van der Waals surface area contributed by atoms with E-state index in [-0.39, 0.29) is 12.6 Å². The maximum absolute atomic E-state index is 10.5. The number of carbonyl (C=O) groups is 1. The van der Waals surface area contributed by atoms with Crippen LogP contribution in [-0.2, 0) is 19.0 Å². The number of hydrogen-bond donors (Lipinski definition) is 2. The third-order valence-corrected chi connectivity index (χ3v) is 1.81. The summed E-state index contributed by atoms with van der Waals surface area (Å²) in [5.41, 5.74) is 0.414. The van der Waals surface area contributed by atoms with Crippen molar-refractivity contribution in [3.63, 3.8) is 0 Å². The molecule has 2 atom stereocenters. The van der Waals surface area contributed by atoms with Crippen molar-refractivity contribution in [3.05, 3.63) is 24.8 Å². The van der Waals surface area contributed by atoms with Crippen molar-refractivity contribution in [2.24, 2.45) is 0 Å². The minimum Gasteiger partial charge on any atom is -0.458 e. The Labute approximate surface area is 140 Å². The molecule has 0 radical (unpaired) electrons. The highest BCUT2D eigenvalue weighted by atomic mass is 16.5. The van der Waals surface area contributed by atoms with Crippen molar-refractivity contribution in [2.45, 2.75) is 46.8 Å². The highest BCUT2D eigenvalue weighted by molar-refractivity contribution is 5.86. The normalized spacial score (nSPS) is 11.8. The number of aliphatic hydroxyl groups excluding tert-OH is 2. The van der Waals surface area contributed by atoms with E-state index in [4.69, 9.17) is 19.7 Å². The number of ether oxygens (including phenoxy) is 3. The standard InChI is InChI=1S/C7H10O2.C6H14O3.C4H10O/c1-4-5-9-7(8)6(2)3;1-5(7)3-9-4-6(2)8;1-3-5-4-2/h4H,1-2,5H2,3H3;5-8H,3-4H2,1-2H3;3-4H2,1-2H3. The zero-order valence-corrected chi connectivity index (χ0v) is 15.2. The Morgan fingerprint density at radius 2 is 1.52 bits per heavy atom. The van der Waals surface area contributed by atoms with Gasteiger partial charge in [-0.3, -0.25) is 0 Å². The first-order valence-corrected chi connectivity index (χ1v) is 7.67. The van der Waals surface area contributed by atoms with E-state index in [1.54, 1.807) is 20.8 Å². The first kappa shape index (κ1) is 26.7. The van der Waals surface area contributed by atoms with Crippen LogP contribution in [0.1, 0.15) is 34.6 Å². The minimum atomic E-state index is -0.441. The summed E-state index contributed by atoms with van der Waals surface area (Å²) in [5.74, 6) is -0.366. The predicted octanol–water partition coefficient (Wildman–Crippen LogP) is 2.10. The molecule has 0 aliphatic rings. The van der Waals surface area contributed by atoms with Crippen LogP contribution in [-0.4, -0.2) is 61.4 Å². The van der Waals surface area contributed by atoms with Crippen LogP contribution in [0.4, 0.5) is 0 Å². The molecule has 2 unspecified atom stereocenters. The van der Waals surface area contributed by atoms with Gasteiger partial charge in [-0.15, -0.1) is 0 Å². The van der Waals surface area contributed by atoms with E-state index in [1.807, 2.05) is 13.8 Å². The molecule has 0 aromatic carbocycles. The van der Waals surface area contributed by atoms with Crippen molar-refractivity contribution in [1.82, 2.24) is 0 Å². The Morgan fingerprint density at radius 3 is 1.74 bits per heavy atom. The lowest BCUT2D eigenvalue weighted by molar-refractivity contribution is -0.137. The van der Waals surface area contributed by atoms with Gasteiger partial charge in [-0.25, -0.2) is 4.79 Å². The monoisotopic (exact) mass is 334 g/mol. The molecule has 0 spiro atoms. The Hall–Kier alpha value is -1.21. The molecule has 23 heavy (non-hydrogen) atoms. The average Bonchev–Trinajstić information content (AvgIpc) is 2.46. The van der Waals surface area contributed by atoms with Gasteiger partial charge in [-0.05, 0) is 34.6 Å². The number of carbonyl (C=O) groups excluding carboxylic acids is 1. The average molecular weight is 334 g/mol. The van der Waals surface area contributed by atoms with Gasteiger partial charge in [0.15, 0.2) is 0 Å². The predicted molar refractivity (Wildman–Crippen MR) is 92.3 cm³/mol. The van der Waals surface area contributed by atoms with Gasteiger partial charge in [0.25, 0.3) is 0 Å². The smallest absolute Gasteiger partial charge is 0.333 e. The fourth-order valence-corrected chi connectivity index (χ4v) is 0.871. The van der Waals surface area contributed by atoms with Crippen LogP contribution < -0.4 is 0 Å². The zero-order chi connectivity index (χ0) is 18.7. The van der Waals surface area contributed by atoms with E-state index < -0.39 is 12.2 Å². The SMILES string of the molecule is C=CCOC(=O)C(=C)C.CC(O)COCC(C)O.CCOCC. The van der Waals surface area contributed by atoms with Gasteiger partial charge in [0.2, 0.25) is 0 Å². The van der Waals surface area contributed by atoms with Crippen LogP contribution in [0, 0.1) is 0 Å². The van der Waals surface area contributed by atoms with Crippen molar-refractivity contribution >= 4 is 5.97 Å². The largest absolute Gasteiger partial charge is 0.458 e. The zero-order valence-electron chi connectivity index (χ0n) is 15.2. The number of hydrogen-bond acceptors (Lipinski definition) is 6. The lowest BCUT2D eigenvalue weighted by Crippen LogP contribution is -2.16. The van der Waals surface area contributed by atoms with E-state index >= 15 is 0 Å². The summed E-state index contributed by atoms with van der Waals surface area (Å²) in [4.78, 5) is 10.5. The number of esters is 1. The fourth-order valence-electron chi connectivity index (χ4n) is 0.871. The summed E-state index contributed by atoms with van der Waals surface area (Å²) in [7, 11) is 0. The Kier molecular flexibility index (Phi) is 24.1. The van der Waals surface area contributed by atoms with Crippen LogP contribution >= 0.6 is 0 Å². The van der Waals surface area contributed by atoms with Gasteiger partial charge in [-0.2, -0.15) is 0 Å². The molecule has 0 saturated heterocycles. The third kappa shape index (κ3) is 33.6. The molecule has 0 rings (SSSR count). The van der Waals surface area contributed by atoms with Crippen molar-refractivity contribution in [1.29, 1.82) is 0 Å². The topological polar surface area (TPSA) is 85.2 Å². The van der Waals surface area contributed by atoms with Gasteiger partial charge in [0.1, 0.15) is 6.61 Å². The molecule has 0 saturated carbocycles. The molecule has 0 amide bonds. The second-order valence-electron chi connectivity index (χ2n) is 4.68. The van der Waals surface area contributed by atoms with Crippen molar-refractivity contribution in [3.8, 4) is 0 Å². The van der Waals surface area contributed by atoms with Crippen molar-refractivity contribution in [2.75, 3.05) is 33.0 Å². The van der Waals surface area contributed by atoms with Crippen LogP contribution in [0.15, 0.2) is 24.8 Å².